The fourth-order valence-electron chi connectivity index (χ4n) is 1.86. The third-order valence-electron chi connectivity index (χ3n) is 2.81. The minimum atomic E-state index is -4.78. The summed E-state index contributed by atoms with van der Waals surface area (Å²) in [6.45, 7) is -0.106. The van der Waals surface area contributed by atoms with Gasteiger partial charge in [-0.2, -0.15) is 0 Å². The lowest BCUT2D eigenvalue weighted by molar-refractivity contribution is -0.274. The van der Waals surface area contributed by atoms with Crippen molar-refractivity contribution < 1.29 is 27.4 Å². The van der Waals surface area contributed by atoms with Crippen LogP contribution in [0.5, 0.6) is 5.75 Å². The van der Waals surface area contributed by atoms with Crippen molar-refractivity contribution in [3.63, 3.8) is 0 Å². The van der Waals surface area contributed by atoms with Crippen LogP contribution < -0.4 is 10.5 Å². The first-order chi connectivity index (χ1) is 9.90. The van der Waals surface area contributed by atoms with Gasteiger partial charge in [0, 0.05) is 6.61 Å². The van der Waals surface area contributed by atoms with Gasteiger partial charge in [0.05, 0.1) is 11.6 Å². The molecular weight excluding hydrogens is 287 g/mol. The summed E-state index contributed by atoms with van der Waals surface area (Å²) < 4.78 is 46.5. The Balaban J connectivity index is 2.30. The largest absolute Gasteiger partial charge is 0.573 e. The Morgan fingerprint density at radius 1 is 1.19 bits per heavy atom. The smallest absolute Gasteiger partial charge is 0.459 e. The van der Waals surface area contributed by atoms with E-state index >= 15 is 0 Å². The van der Waals surface area contributed by atoms with Gasteiger partial charge in [-0.25, -0.2) is 0 Å². The summed E-state index contributed by atoms with van der Waals surface area (Å²) in [6, 6.07) is 8.25. The quantitative estimate of drug-likeness (QED) is 0.889. The summed E-state index contributed by atoms with van der Waals surface area (Å²) in [7, 11) is 0. The van der Waals surface area contributed by atoms with Gasteiger partial charge < -0.3 is 20.0 Å². The average molecular weight is 301 g/mol. The summed E-state index contributed by atoms with van der Waals surface area (Å²) >= 11 is 0. The highest BCUT2D eigenvalue weighted by molar-refractivity contribution is 5.66. The van der Waals surface area contributed by atoms with Gasteiger partial charge >= 0.3 is 6.36 Å². The van der Waals surface area contributed by atoms with Gasteiger partial charge in [-0.05, 0) is 30.7 Å². The molecule has 3 N–H and O–H groups in total. The molecule has 2 aromatic rings. The highest BCUT2D eigenvalue weighted by Gasteiger charge is 2.32. The van der Waals surface area contributed by atoms with Crippen molar-refractivity contribution in [1.29, 1.82) is 0 Å². The van der Waals surface area contributed by atoms with E-state index in [1.54, 1.807) is 12.1 Å². The number of furan rings is 1. The van der Waals surface area contributed by atoms with Crippen LogP contribution in [0.3, 0.4) is 0 Å². The molecular formula is C14H14F3NO3. The second kappa shape index (κ2) is 6.19. The molecule has 7 heteroatoms. The fourth-order valence-corrected chi connectivity index (χ4v) is 1.86. The summed E-state index contributed by atoms with van der Waals surface area (Å²) in [5.74, 6) is 0.265. The molecule has 0 amide bonds. The van der Waals surface area contributed by atoms with Gasteiger partial charge in [-0.1, -0.05) is 12.1 Å². The molecule has 0 saturated heterocycles. The third-order valence-corrected chi connectivity index (χ3v) is 2.81. The maximum atomic E-state index is 12.4. The van der Waals surface area contributed by atoms with E-state index in [-0.39, 0.29) is 23.7 Å². The van der Waals surface area contributed by atoms with E-state index in [9.17, 15) is 13.2 Å². The molecule has 1 aromatic carbocycles. The first-order valence-electron chi connectivity index (χ1n) is 6.22. The number of halogens is 3. The molecule has 21 heavy (non-hydrogen) atoms. The van der Waals surface area contributed by atoms with E-state index in [1.165, 1.54) is 24.3 Å². The van der Waals surface area contributed by atoms with Gasteiger partial charge in [0.25, 0.3) is 0 Å². The van der Waals surface area contributed by atoms with Gasteiger partial charge in [0.1, 0.15) is 17.3 Å². The maximum Gasteiger partial charge on any atom is 0.573 e. The molecule has 0 fully saturated rings. The number of rotatable bonds is 5. The number of para-hydroxylation sites is 1. The Hall–Kier alpha value is -1.99. The number of ether oxygens (including phenoxy) is 1. The molecule has 1 atom stereocenters. The molecule has 0 bridgehead atoms. The first-order valence-corrected chi connectivity index (χ1v) is 6.22. The predicted molar refractivity (Wildman–Crippen MR) is 69.5 cm³/mol. The van der Waals surface area contributed by atoms with Crippen molar-refractivity contribution in [1.82, 2.24) is 0 Å². The highest BCUT2D eigenvalue weighted by atomic mass is 19.4. The number of alkyl halides is 3. The zero-order valence-electron chi connectivity index (χ0n) is 10.9. The Morgan fingerprint density at radius 3 is 2.57 bits per heavy atom. The van der Waals surface area contributed by atoms with Crippen molar-refractivity contribution in [3.05, 3.63) is 42.2 Å². The number of hydrogen-bond donors (Lipinski definition) is 2. The lowest BCUT2D eigenvalue weighted by Gasteiger charge is -2.12. The molecule has 0 saturated carbocycles. The van der Waals surface area contributed by atoms with Crippen LogP contribution in [-0.4, -0.2) is 18.1 Å². The van der Waals surface area contributed by atoms with Crippen LogP contribution in [0, 0.1) is 0 Å². The summed E-state index contributed by atoms with van der Waals surface area (Å²) in [4.78, 5) is 0. The van der Waals surface area contributed by atoms with Crippen molar-refractivity contribution >= 4 is 0 Å². The standard InChI is InChI=1S/C14H14F3NO3/c15-14(16,17)21-12-4-2-1-3-9(12)11-5-6-13(20-11)10(18)7-8-19/h1-6,10,19H,7-8,18H2. The molecule has 0 radical (unpaired) electrons. The zero-order valence-corrected chi connectivity index (χ0v) is 10.9. The number of hydrogen-bond acceptors (Lipinski definition) is 4. The number of aliphatic hydroxyl groups is 1. The lowest BCUT2D eigenvalue weighted by atomic mass is 10.1. The third kappa shape index (κ3) is 3.99. The molecule has 2 rings (SSSR count). The van der Waals surface area contributed by atoms with Crippen LogP contribution >= 0.6 is 0 Å². The molecule has 0 aliphatic rings. The molecule has 1 aromatic heterocycles. The molecule has 114 valence electrons. The van der Waals surface area contributed by atoms with Crippen molar-refractivity contribution in [3.8, 4) is 17.1 Å². The number of nitrogens with two attached hydrogens (primary N) is 1. The normalized spacial score (nSPS) is 13.2. The van der Waals surface area contributed by atoms with Crippen LogP contribution in [0.4, 0.5) is 13.2 Å². The predicted octanol–water partition coefficient (Wildman–Crippen LogP) is 3.23. The van der Waals surface area contributed by atoms with Crippen LogP contribution in [-0.2, 0) is 0 Å². The summed E-state index contributed by atoms with van der Waals surface area (Å²) in [6.07, 6.45) is -4.48. The lowest BCUT2D eigenvalue weighted by Crippen LogP contribution is -2.17. The summed E-state index contributed by atoms with van der Waals surface area (Å²) in [5, 5.41) is 8.83. The molecule has 1 unspecified atom stereocenters. The maximum absolute atomic E-state index is 12.4. The van der Waals surface area contributed by atoms with Gasteiger partial charge in [0.15, 0.2) is 0 Å². The van der Waals surface area contributed by atoms with E-state index in [1.807, 2.05) is 0 Å². The SMILES string of the molecule is NC(CCO)c1ccc(-c2ccccc2OC(F)(F)F)o1. The number of aliphatic hydroxyl groups excluding tert-OH is 1. The minimum Gasteiger partial charge on any atom is -0.459 e. The van der Waals surface area contributed by atoms with Crippen LogP contribution in [0.15, 0.2) is 40.8 Å². The Kier molecular flexibility index (Phi) is 4.54. The van der Waals surface area contributed by atoms with Crippen LogP contribution in [0.25, 0.3) is 11.3 Å². The van der Waals surface area contributed by atoms with E-state index in [2.05, 4.69) is 4.74 Å². The van der Waals surface area contributed by atoms with Gasteiger partial charge in [-0.3, -0.25) is 0 Å². The van der Waals surface area contributed by atoms with Gasteiger partial charge in [0.2, 0.25) is 0 Å². The zero-order chi connectivity index (χ0) is 15.5. The fraction of sp³-hybridized carbons (Fsp3) is 0.286. The second-order valence-electron chi connectivity index (χ2n) is 4.36. The monoisotopic (exact) mass is 301 g/mol. The Labute approximate surface area is 118 Å². The van der Waals surface area contributed by atoms with Crippen molar-refractivity contribution in [2.75, 3.05) is 6.61 Å². The van der Waals surface area contributed by atoms with Crippen molar-refractivity contribution in [2.24, 2.45) is 5.73 Å². The summed E-state index contributed by atoms with van der Waals surface area (Å²) in [5.41, 5.74) is 5.95. The van der Waals surface area contributed by atoms with Crippen molar-refractivity contribution in [2.45, 2.75) is 18.8 Å². The van der Waals surface area contributed by atoms with Crippen LogP contribution in [0.2, 0.25) is 0 Å². The van der Waals surface area contributed by atoms with E-state index in [0.717, 1.165) is 0 Å². The average Bonchev–Trinajstić information content (AvgIpc) is 2.87. The molecule has 0 aliphatic carbocycles. The second-order valence-corrected chi connectivity index (χ2v) is 4.36. The molecule has 4 nitrogen and oxygen atoms in total. The highest BCUT2D eigenvalue weighted by Crippen LogP contribution is 2.35. The molecule has 0 aliphatic heterocycles. The first kappa shape index (κ1) is 15.4. The molecule has 1 heterocycles. The molecule has 0 spiro atoms. The Bertz CT molecular complexity index is 595. The van der Waals surface area contributed by atoms with E-state index in [0.29, 0.717) is 12.2 Å². The van der Waals surface area contributed by atoms with E-state index < -0.39 is 12.4 Å². The van der Waals surface area contributed by atoms with E-state index in [4.69, 9.17) is 15.3 Å². The number of benzene rings is 1. The van der Waals surface area contributed by atoms with Crippen LogP contribution in [0.1, 0.15) is 18.2 Å². The Morgan fingerprint density at radius 2 is 1.90 bits per heavy atom. The topological polar surface area (TPSA) is 68.6 Å². The van der Waals surface area contributed by atoms with Gasteiger partial charge in [-0.15, -0.1) is 13.2 Å². The minimum absolute atomic E-state index is 0.106.